The SMILES string of the molecule is Cc1cc(I)ccc1NC(=O)CCc1nnc(-c2ccsc2)o1. The molecular weight excluding hydrogens is 425 g/mol. The van der Waals surface area contributed by atoms with Gasteiger partial charge in [0.15, 0.2) is 0 Å². The number of halogens is 1. The van der Waals surface area contributed by atoms with Crippen molar-refractivity contribution < 1.29 is 9.21 Å². The molecule has 1 aromatic carbocycles. The van der Waals surface area contributed by atoms with Crippen molar-refractivity contribution in [1.29, 1.82) is 0 Å². The normalized spacial score (nSPS) is 10.7. The van der Waals surface area contributed by atoms with Crippen LogP contribution in [0.5, 0.6) is 0 Å². The van der Waals surface area contributed by atoms with Gasteiger partial charge >= 0.3 is 0 Å². The lowest BCUT2D eigenvalue weighted by Gasteiger charge is -2.08. The summed E-state index contributed by atoms with van der Waals surface area (Å²) in [5, 5.41) is 14.8. The molecule has 0 radical (unpaired) electrons. The number of hydrogen-bond donors (Lipinski definition) is 1. The topological polar surface area (TPSA) is 68.0 Å². The monoisotopic (exact) mass is 439 g/mol. The van der Waals surface area contributed by atoms with Crippen LogP contribution >= 0.6 is 33.9 Å². The second kappa shape index (κ2) is 7.22. The Kier molecular flexibility index (Phi) is 5.06. The molecular formula is C16H14IN3O2S. The number of thiophene rings is 1. The van der Waals surface area contributed by atoms with Crippen LogP contribution in [0.25, 0.3) is 11.5 Å². The number of rotatable bonds is 5. The first-order valence-corrected chi connectivity index (χ1v) is 9.05. The molecule has 1 amide bonds. The zero-order chi connectivity index (χ0) is 16.2. The number of hydrogen-bond acceptors (Lipinski definition) is 5. The predicted octanol–water partition coefficient (Wildman–Crippen LogP) is 4.28. The molecule has 0 aliphatic carbocycles. The van der Waals surface area contributed by atoms with Crippen LogP contribution in [0.2, 0.25) is 0 Å². The fraction of sp³-hybridized carbons (Fsp3) is 0.188. The van der Waals surface area contributed by atoms with Gasteiger partial charge in [-0.05, 0) is 64.7 Å². The molecule has 0 bridgehead atoms. The van der Waals surface area contributed by atoms with Crippen LogP contribution in [0.15, 0.2) is 39.4 Å². The summed E-state index contributed by atoms with van der Waals surface area (Å²) in [7, 11) is 0. The summed E-state index contributed by atoms with van der Waals surface area (Å²) < 4.78 is 6.71. The molecule has 1 N–H and O–H groups in total. The van der Waals surface area contributed by atoms with E-state index in [0.717, 1.165) is 20.4 Å². The number of anilines is 1. The summed E-state index contributed by atoms with van der Waals surface area (Å²) in [5.74, 6) is 0.903. The second-order valence-corrected chi connectivity index (χ2v) is 7.05. The summed E-state index contributed by atoms with van der Waals surface area (Å²) in [5.41, 5.74) is 2.79. The zero-order valence-corrected chi connectivity index (χ0v) is 15.3. The molecule has 0 aliphatic heterocycles. The summed E-state index contributed by atoms with van der Waals surface area (Å²) in [6.45, 7) is 1.98. The minimum Gasteiger partial charge on any atom is -0.421 e. The molecule has 0 spiro atoms. The van der Waals surface area contributed by atoms with Crippen molar-refractivity contribution >= 4 is 45.5 Å². The summed E-state index contributed by atoms with van der Waals surface area (Å²) in [6, 6.07) is 7.83. The van der Waals surface area contributed by atoms with Gasteiger partial charge in [0.2, 0.25) is 17.7 Å². The Bertz CT molecular complexity index is 815. The van der Waals surface area contributed by atoms with Crippen LogP contribution in [-0.4, -0.2) is 16.1 Å². The lowest BCUT2D eigenvalue weighted by molar-refractivity contribution is -0.116. The van der Waals surface area contributed by atoms with Gasteiger partial charge in [-0.25, -0.2) is 0 Å². The zero-order valence-electron chi connectivity index (χ0n) is 12.4. The van der Waals surface area contributed by atoms with Gasteiger partial charge < -0.3 is 9.73 Å². The molecule has 0 aliphatic rings. The molecule has 2 aromatic heterocycles. The van der Waals surface area contributed by atoms with E-state index < -0.39 is 0 Å². The molecule has 2 heterocycles. The molecule has 0 unspecified atom stereocenters. The first-order valence-electron chi connectivity index (χ1n) is 7.03. The Morgan fingerprint density at radius 3 is 2.96 bits per heavy atom. The van der Waals surface area contributed by atoms with Crippen LogP contribution in [0.3, 0.4) is 0 Å². The minimum atomic E-state index is -0.0652. The average Bonchev–Trinajstić information content (AvgIpc) is 3.18. The molecule has 0 saturated carbocycles. The number of nitrogens with one attached hydrogen (secondary N) is 1. The van der Waals surface area contributed by atoms with E-state index in [2.05, 4.69) is 38.1 Å². The van der Waals surface area contributed by atoms with Gasteiger partial charge in [-0.1, -0.05) is 0 Å². The maximum Gasteiger partial charge on any atom is 0.248 e. The lowest BCUT2D eigenvalue weighted by atomic mass is 10.2. The molecule has 0 fully saturated rings. The van der Waals surface area contributed by atoms with Crippen molar-refractivity contribution in [3.05, 3.63) is 50.0 Å². The smallest absolute Gasteiger partial charge is 0.248 e. The minimum absolute atomic E-state index is 0.0652. The Hall–Kier alpha value is -1.74. The molecule has 118 valence electrons. The van der Waals surface area contributed by atoms with Gasteiger partial charge in [0.05, 0.1) is 0 Å². The van der Waals surface area contributed by atoms with Crippen LogP contribution in [-0.2, 0) is 11.2 Å². The molecule has 3 rings (SSSR count). The third kappa shape index (κ3) is 4.17. The summed E-state index contributed by atoms with van der Waals surface area (Å²) in [4.78, 5) is 12.1. The maximum absolute atomic E-state index is 12.1. The summed E-state index contributed by atoms with van der Waals surface area (Å²) in [6.07, 6.45) is 0.725. The van der Waals surface area contributed by atoms with Gasteiger partial charge in [0.25, 0.3) is 0 Å². The highest BCUT2D eigenvalue weighted by Crippen LogP contribution is 2.21. The van der Waals surface area contributed by atoms with E-state index in [0.29, 0.717) is 24.6 Å². The van der Waals surface area contributed by atoms with Crippen LogP contribution in [0.1, 0.15) is 17.9 Å². The van der Waals surface area contributed by atoms with Crippen molar-refractivity contribution in [3.8, 4) is 11.5 Å². The van der Waals surface area contributed by atoms with Crippen molar-refractivity contribution in [2.24, 2.45) is 0 Å². The Morgan fingerprint density at radius 2 is 2.22 bits per heavy atom. The first kappa shape index (κ1) is 16.1. The molecule has 0 saturated heterocycles. The van der Waals surface area contributed by atoms with E-state index in [1.54, 1.807) is 11.3 Å². The Labute approximate surface area is 151 Å². The fourth-order valence-electron chi connectivity index (χ4n) is 2.06. The van der Waals surface area contributed by atoms with Gasteiger partial charge in [-0.3, -0.25) is 4.79 Å². The highest BCUT2D eigenvalue weighted by molar-refractivity contribution is 14.1. The number of benzene rings is 1. The summed E-state index contributed by atoms with van der Waals surface area (Å²) >= 11 is 3.82. The Balaban J connectivity index is 1.57. The van der Waals surface area contributed by atoms with Crippen LogP contribution < -0.4 is 5.32 Å². The van der Waals surface area contributed by atoms with Gasteiger partial charge in [-0.2, -0.15) is 11.3 Å². The van der Waals surface area contributed by atoms with Crippen molar-refractivity contribution in [2.75, 3.05) is 5.32 Å². The number of amides is 1. The van der Waals surface area contributed by atoms with E-state index in [9.17, 15) is 4.79 Å². The van der Waals surface area contributed by atoms with E-state index >= 15 is 0 Å². The van der Waals surface area contributed by atoms with E-state index in [1.165, 1.54) is 0 Å². The standard InChI is InChI=1S/C16H14IN3O2S/c1-10-8-12(17)2-3-13(10)18-14(21)4-5-15-19-20-16(22-15)11-6-7-23-9-11/h2-3,6-9H,4-5H2,1H3,(H,18,21). The molecule has 3 aromatic rings. The quantitative estimate of drug-likeness (QED) is 0.603. The lowest BCUT2D eigenvalue weighted by Crippen LogP contribution is -2.13. The van der Waals surface area contributed by atoms with E-state index in [4.69, 9.17) is 4.42 Å². The van der Waals surface area contributed by atoms with Crippen molar-refractivity contribution in [3.63, 3.8) is 0 Å². The predicted molar refractivity (Wildman–Crippen MR) is 98.5 cm³/mol. The van der Waals surface area contributed by atoms with Gasteiger partial charge in [0.1, 0.15) is 0 Å². The molecule has 0 atom stereocenters. The largest absolute Gasteiger partial charge is 0.421 e. The third-order valence-electron chi connectivity index (χ3n) is 3.26. The number of nitrogens with zero attached hydrogens (tertiary/aromatic N) is 2. The average molecular weight is 439 g/mol. The number of carbonyl (C=O) groups excluding carboxylic acids is 1. The van der Waals surface area contributed by atoms with Crippen LogP contribution in [0.4, 0.5) is 5.69 Å². The number of carbonyl (C=O) groups is 1. The number of aromatic nitrogens is 2. The third-order valence-corrected chi connectivity index (χ3v) is 4.62. The second-order valence-electron chi connectivity index (χ2n) is 5.02. The van der Waals surface area contributed by atoms with E-state index in [1.807, 2.05) is 41.9 Å². The van der Waals surface area contributed by atoms with E-state index in [-0.39, 0.29) is 5.91 Å². The highest BCUT2D eigenvalue weighted by atomic mass is 127. The van der Waals surface area contributed by atoms with Gasteiger partial charge in [0, 0.05) is 33.0 Å². The molecule has 7 heteroatoms. The highest BCUT2D eigenvalue weighted by Gasteiger charge is 2.11. The van der Waals surface area contributed by atoms with Crippen LogP contribution in [0, 0.1) is 10.5 Å². The molecule has 5 nitrogen and oxygen atoms in total. The first-order chi connectivity index (χ1) is 11.1. The fourth-order valence-corrected chi connectivity index (χ4v) is 3.33. The van der Waals surface area contributed by atoms with Crippen molar-refractivity contribution in [2.45, 2.75) is 19.8 Å². The Morgan fingerprint density at radius 1 is 1.35 bits per heavy atom. The van der Waals surface area contributed by atoms with Gasteiger partial charge in [-0.15, -0.1) is 10.2 Å². The maximum atomic E-state index is 12.1. The van der Waals surface area contributed by atoms with Crippen molar-refractivity contribution in [1.82, 2.24) is 10.2 Å². The number of aryl methyl sites for hydroxylation is 2. The molecule has 23 heavy (non-hydrogen) atoms.